The Balaban J connectivity index is 1.93. The number of allylic oxidation sites excluding steroid dienone is 1. The van der Waals surface area contributed by atoms with Crippen LogP contribution >= 0.6 is 12.2 Å². The van der Waals surface area contributed by atoms with Crippen LogP contribution in [0.3, 0.4) is 0 Å². The fraction of sp³-hybridized carbons (Fsp3) is 0.158. The van der Waals surface area contributed by atoms with Crippen molar-refractivity contribution < 1.29 is 9.53 Å². The molecule has 0 aromatic heterocycles. The second-order valence-electron chi connectivity index (χ2n) is 5.66. The van der Waals surface area contributed by atoms with Crippen LogP contribution in [0.2, 0.25) is 0 Å². The first-order valence-corrected chi connectivity index (χ1v) is 8.28. The van der Waals surface area contributed by atoms with Crippen LogP contribution in [0.4, 0.5) is 5.69 Å². The predicted molar refractivity (Wildman–Crippen MR) is 102 cm³/mol. The summed E-state index contributed by atoms with van der Waals surface area (Å²) < 4.78 is 5.20. The number of nitrogens with one attached hydrogen (secondary N) is 3. The Bertz CT molecular complexity index is 816. The zero-order chi connectivity index (χ0) is 17.8. The molecular weight excluding hydrogens is 334 g/mol. The van der Waals surface area contributed by atoms with Gasteiger partial charge in [0.25, 0.3) is 5.91 Å². The summed E-state index contributed by atoms with van der Waals surface area (Å²) in [7, 11) is 1.62. The van der Waals surface area contributed by atoms with Crippen molar-refractivity contribution in [3.05, 3.63) is 71.4 Å². The van der Waals surface area contributed by atoms with Crippen LogP contribution in [-0.2, 0) is 4.79 Å². The molecule has 5 nitrogen and oxygen atoms in total. The van der Waals surface area contributed by atoms with Crippen molar-refractivity contribution >= 4 is 28.9 Å². The maximum absolute atomic E-state index is 12.9. The van der Waals surface area contributed by atoms with Gasteiger partial charge in [-0.3, -0.25) is 4.79 Å². The molecule has 3 N–H and O–H groups in total. The van der Waals surface area contributed by atoms with Gasteiger partial charge < -0.3 is 20.7 Å². The number of carbonyl (C=O) groups excluding carboxylic acids is 1. The van der Waals surface area contributed by atoms with Crippen LogP contribution in [0.15, 0.2) is 65.9 Å². The second kappa shape index (κ2) is 7.36. The highest BCUT2D eigenvalue weighted by Gasteiger charge is 2.29. The molecule has 0 fully saturated rings. The topological polar surface area (TPSA) is 62.4 Å². The van der Waals surface area contributed by atoms with E-state index in [-0.39, 0.29) is 11.9 Å². The SMILES string of the molecule is COc1ccc([C@@H]2NC(=S)NC(C)=C2C(=O)Nc2ccccc2)cc1. The van der Waals surface area contributed by atoms with Crippen molar-refractivity contribution in [2.45, 2.75) is 13.0 Å². The van der Waals surface area contributed by atoms with Crippen LogP contribution in [0.5, 0.6) is 5.75 Å². The van der Waals surface area contributed by atoms with Gasteiger partial charge in [-0.15, -0.1) is 0 Å². The molecule has 1 aliphatic rings. The highest BCUT2D eigenvalue weighted by atomic mass is 32.1. The van der Waals surface area contributed by atoms with E-state index in [0.29, 0.717) is 10.7 Å². The normalized spacial score (nSPS) is 16.7. The summed E-state index contributed by atoms with van der Waals surface area (Å²) in [5, 5.41) is 9.64. The van der Waals surface area contributed by atoms with Gasteiger partial charge in [0.15, 0.2) is 5.11 Å². The standard InChI is InChI=1S/C19H19N3O2S/c1-12-16(18(23)21-14-6-4-3-5-7-14)17(22-19(25)20-12)13-8-10-15(24-2)11-9-13/h3-11,17H,1-2H3,(H,21,23)(H2,20,22,25)/t17-/m0/s1. The Morgan fingerprint density at radius 2 is 1.80 bits per heavy atom. The Kier molecular flexibility index (Phi) is 5.00. The van der Waals surface area contributed by atoms with E-state index >= 15 is 0 Å². The molecule has 2 aromatic carbocycles. The Labute approximate surface area is 152 Å². The number of hydrogen-bond acceptors (Lipinski definition) is 3. The number of methoxy groups -OCH3 is 1. The van der Waals surface area contributed by atoms with Gasteiger partial charge in [-0.25, -0.2) is 0 Å². The highest BCUT2D eigenvalue weighted by Crippen LogP contribution is 2.29. The zero-order valence-corrected chi connectivity index (χ0v) is 14.8. The summed E-state index contributed by atoms with van der Waals surface area (Å²) in [6.07, 6.45) is 0. The summed E-state index contributed by atoms with van der Waals surface area (Å²) in [5.74, 6) is 0.586. The Hall–Kier alpha value is -2.86. The lowest BCUT2D eigenvalue weighted by atomic mass is 9.95. The number of ether oxygens (including phenoxy) is 1. The Morgan fingerprint density at radius 3 is 2.44 bits per heavy atom. The molecule has 2 aromatic rings. The van der Waals surface area contributed by atoms with E-state index in [9.17, 15) is 4.79 Å². The van der Waals surface area contributed by atoms with E-state index in [0.717, 1.165) is 22.7 Å². The molecule has 6 heteroatoms. The molecule has 1 atom stereocenters. The average molecular weight is 353 g/mol. The summed E-state index contributed by atoms with van der Waals surface area (Å²) >= 11 is 5.26. The Morgan fingerprint density at radius 1 is 1.12 bits per heavy atom. The third kappa shape index (κ3) is 3.80. The number of thiocarbonyl (C=S) groups is 1. The van der Waals surface area contributed by atoms with E-state index in [2.05, 4.69) is 16.0 Å². The lowest BCUT2D eigenvalue weighted by Crippen LogP contribution is -2.45. The zero-order valence-electron chi connectivity index (χ0n) is 14.0. The summed E-state index contributed by atoms with van der Waals surface area (Å²) in [6.45, 7) is 1.85. The van der Waals surface area contributed by atoms with Crippen LogP contribution < -0.4 is 20.7 Å². The van der Waals surface area contributed by atoms with E-state index < -0.39 is 0 Å². The van der Waals surface area contributed by atoms with Gasteiger partial charge in [-0.2, -0.15) is 0 Å². The molecule has 1 amide bonds. The van der Waals surface area contributed by atoms with Gasteiger partial charge in [-0.05, 0) is 49.0 Å². The fourth-order valence-corrected chi connectivity index (χ4v) is 3.03. The first kappa shape index (κ1) is 17.0. The monoisotopic (exact) mass is 353 g/mol. The minimum absolute atomic E-state index is 0.174. The highest BCUT2D eigenvalue weighted by molar-refractivity contribution is 7.80. The number of anilines is 1. The molecule has 128 valence electrons. The quantitative estimate of drug-likeness (QED) is 0.737. The molecule has 25 heavy (non-hydrogen) atoms. The first-order chi connectivity index (χ1) is 12.1. The number of rotatable bonds is 4. The smallest absolute Gasteiger partial charge is 0.255 e. The van der Waals surface area contributed by atoms with E-state index in [1.54, 1.807) is 7.11 Å². The van der Waals surface area contributed by atoms with Crippen molar-refractivity contribution in [1.29, 1.82) is 0 Å². The maximum Gasteiger partial charge on any atom is 0.255 e. The van der Waals surface area contributed by atoms with Crippen LogP contribution in [0.25, 0.3) is 0 Å². The van der Waals surface area contributed by atoms with E-state index in [1.807, 2.05) is 61.5 Å². The number of hydrogen-bond donors (Lipinski definition) is 3. The van der Waals surface area contributed by atoms with Gasteiger partial charge in [0.1, 0.15) is 5.75 Å². The average Bonchev–Trinajstić information content (AvgIpc) is 2.62. The second-order valence-corrected chi connectivity index (χ2v) is 6.07. The predicted octanol–water partition coefficient (Wildman–Crippen LogP) is 3.13. The maximum atomic E-state index is 12.9. The lowest BCUT2D eigenvalue weighted by Gasteiger charge is -2.30. The molecule has 1 aliphatic heterocycles. The van der Waals surface area contributed by atoms with Crippen molar-refractivity contribution in [3.8, 4) is 5.75 Å². The molecule has 0 spiro atoms. The molecule has 0 radical (unpaired) electrons. The van der Waals surface area contributed by atoms with Gasteiger partial charge >= 0.3 is 0 Å². The van der Waals surface area contributed by atoms with E-state index in [4.69, 9.17) is 17.0 Å². The number of para-hydroxylation sites is 1. The van der Waals surface area contributed by atoms with Gasteiger partial charge in [0.05, 0.1) is 18.7 Å². The lowest BCUT2D eigenvalue weighted by molar-refractivity contribution is -0.113. The summed E-state index contributed by atoms with van der Waals surface area (Å²) in [4.78, 5) is 12.9. The van der Waals surface area contributed by atoms with Crippen molar-refractivity contribution in [2.75, 3.05) is 12.4 Å². The van der Waals surface area contributed by atoms with Gasteiger partial charge in [-0.1, -0.05) is 30.3 Å². The summed E-state index contributed by atoms with van der Waals surface area (Å²) in [5.41, 5.74) is 3.01. The molecule has 3 rings (SSSR count). The minimum atomic E-state index is -0.330. The van der Waals surface area contributed by atoms with Crippen LogP contribution in [0, 0.1) is 0 Å². The third-order valence-corrected chi connectivity index (χ3v) is 4.21. The van der Waals surface area contributed by atoms with Crippen molar-refractivity contribution in [2.24, 2.45) is 0 Å². The fourth-order valence-electron chi connectivity index (χ4n) is 2.76. The van der Waals surface area contributed by atoms with Crippen molar-refractivity contribution in [1.82, 2.24) is 10.6 Å². The molecular formula is C19H19N3O2S. The van der Waals surface area contributed by atoms with Crippen LogP contribution in [-0.4, -0.2) is 18.1 Å². The molecule has 0 saturated heterocycles. The molecule has 0 bridgehead atoms. The van der Waals surface area contributed by atoms with E-state index in [1.165, 1.54) is 0 Å². The number of amides is 1. The summed E-state index contributed by atoms with van der Waals surface area (Å²) in [6, 6.07) is 16.6. The van der Waals surface area contributed by atoms with Gasteiger partial charge in [0, 0.05) is 11.4 Å². The minimum Gasteiger partial charge on any atom is -0.497 e. The van der Waals surface area contributed by atoms with Gasteiger partial charge in [0.2, 0.25) is 0 Å². The number of carbonyl (C=O) groups is 1. The number of benzene rings is 2. The molecule has 0 saturated carbocycles. The largest absolute Gasteiger partial charge is 0.497 e. The van der Waals surface area contributed by atoms with Crippen molar-refractivity contribution in [3.63, 3.8) is 0 Å². The third-order valence-electron chi connectivity index (χ3n) is 3.99. The first-order valence-electron chi connectivity index (χ1n) is 7.87. The van der Waals surface area contributed by atoms with Crippen LogP contribution in [0.1, 0.15) is 18.5 Å². The molecule has 1 heterocycles. The molecule has 0 unspecified atom stereocenters. The molecule has 0 aliphatic carbocycles.